The molecule has 0 aliphatic rings. The third-order valence-corrected chi connectivity index (χ3v) is 3.18. The van der Waals surface area contributed by atoms with Gasteiger partial charge in [-0.25, -0.2) is 4.79 Å². The molecule has 0 aliphatic carbocycles. The van der Waals surface area contributed by atoms with E-state index in [1.165, 1.54) is 18.9 Å². The lowest BCUT2D eigenvalue weighted by Crippen LogP contribution is -2.40. The third-order valence-electron chi connectivity index (χ3n) is 3.18. The summed E-state index contributed by atoms with van der Waals surface area (Å²) in [6.07, 6.45) is 0. The van der Waals surface area contributed by atoms with Gasteiger partial charge in [0, 0.05) is 30.4 Å². The maximum absolute atomic E-state index is 12.2. The van der Waals surface area contributed by atoms with E-state index in [9.17, 15) is 14.4 Å². The summed E-state index contributed by atoms with van der Waals surface area (Å²) in [5.41, 5.74) is 0.546. The Labute approximate surface area is 142 Å². The highest BCUT2D eigenvalue weighted by atomic mass is 16.4. The van der Waals surface area contributed by atoms with E-state index in [4.69, 9.17) is 5.11 Å². The molecule has 1 unspecified atom stereocenters. The molecule has 0 aliphatic heterocycles. The number of nitrogens with one attached hydrogen (secondary N) is 2. The van der Waals surface area contributed by atoms with Gasteiger partial charge in [0.15, 0.2) is 0 Å². The molecule has 3 amide bonds. The molecule has 3 N–H and O–H groups in total. The SMILES string of the molecule is CC(CN(C)C(=O)Nc1cccc(C(=O)NC(C)(C)C)c1)C(=O)O. The Balaban J connectivity index is 2.75. The van der Waals surface area contributed by atoms with Crippen molar-refractivity contribution in [2.75, 3.05) is 18.9 Å². The second-order valence-electron chi connectivity index (χ2n) is 6.83. The number of hydrogen-bond donors (Lipinski definition) is 3. The summed E-state index contributed by atoms with van der Waals surface area (Å²) in [5, 5.41) is 14.4. The molecule has 1 aromatic carbocycles. The monoisotopic (exact) mass is 335 g/mol. The summed E-state index contributed by atoms with van der Waals surface area (Å²) in [6, 6.07) is 6.14. The number of urea groups is 1. The predicted octanol–water partition coefficient (Wildman–Crippen LogP) is 2.40. The number of nitrogens with zero attached hydrogens (tertiary/aromatic N) is 1. The smallest absolute Gasteiger partial charge is 0.321 e. The molecule has 0 spiro atoms. The quantitative estimate of drug-likeness (QED) is 0.769. The number of hydrogen-bond acceptors (Lipinski definition) is 3. The Morgan fingerprint density at radius 2 is 1.88 bits per heavy atom. The number of carbonyl (C=O) groups excluding carboxylic acids is 2. The molecule has 0 saturated heterocycles. The molecule has 24 heavy (non-hydrogen) atoms. The predicted molar refractivity (Wildman–Crippen MR) is 92.1 cm³/mol. The van der Waals surface area contributed by atoms with Crippen molar-refractivity contribution in [1.82, 2.24) is 10.2 Å². The lowest BCUT2D eigenvalue weighted by Gasteiger charge is -2.21. The summed E-state index contributed by atoms with van der Waals surface area (Å²) in [6.45, 7) is 7.27. The average Bonchev–Trinajstić information content (AvgIpc) is 2.45. The van der Waals surface area contributed by atoms with Gasteiger partial charge in [0.1, 0.15) is 0 Å². The van der Waals surface area contributed by atoms with Crippen molar-refractivity contribution in [3.05, 3.63) is 29.8 Å². The normalized spacial score (nSPS) is 12.2. The number of benzene rings is 1. The number of carbonyl (C=O) groups is 3. The molecule has 7 heteroatoms. The van der Waals surface area contributed by atoms with Gasteiger partial charge in [-0.3, -0.25) is 9.59 Å². The van der Waals surface area contributed by atoms with Crippen molar-refractivity contribution in [2.24, 2.45) is 5.92 Å². The second kappa shape index (κ2) is 7.81. The van der Waals surface area contributed by atoms with Crippen molar-refractivity contribution < 1.29 is 19.5 Å². The fourth-order valence-electron chi connectivity index (χ4n) is 1.94. The molecular weight excluding hydrogens is 310 g/mol. The van der Waals surface area contributed by atoms with Crippen LogP contribution in [0.1, 0.15) is 38.1 Å². The van der Waals surface area contributed by atoms with Gasteiger partial charge in [-0.2, -0.15) is 0 Å². The van der Waals surface area contributed by atoms with Gasteiger partial charge in [-0.15, -0.1) is 0 Å². The number of amides is 3. The molecule has 0 fully saturated rings. The first-order valence-corrected chi connectivity index (χ1v) is 7.67. The maximum Gasteiger partial charge on any atom is 0.321 e. The Kier molecular flexibility index (Phi) is 6.34. The Bertz CT molecular complexity index is 623. The van der Waals surface area contributed by atoms with E-state index in [1.54, 1.807) is 24.3 Å². The van der Waals surface area contributed by atoms with Crippen LogP contribution in [0.5, 0.6) is 0 Å². The van der Waals surface area contributed by atoms with Crippen LogP contribution in [-0.2, 0) is 4.79 Å². The number of carboxylic acids is 1. The highest BCUT2D eigenvalue weighted by molar-refractivity contribution is 5.97. The molecule has 1 rings (SSSR count). The van der Waals surface area contributed by atoms with Crippen molar-refractivity contribution in [3.8, 4) is 0 Å². The van der Waals surface area contributed by atoms with Gasteiger partial charge in [0.25, 0.3) is 5.91 Å². The molecule has 0 radical (unpaired) electrons. The van der Waals surface area contributed by atoms with E-state index in [-0.39, 0.29) is 18.0 Å². The lowest BCUT2D eigenvalue weighted by atomic mass is 10.1. The van der Waals surface area contributed by atoms with Gasteiger partial charge in [0.2, 0.25) is 0 Å². The van der Waals surface area contributed by atoms with E-state index in [0.717, 1.165) is 0 Å². The fourth-order valence-corrected chi connectivity index (χ4v) is 1.94. The van der Waals surface area contributed by atoms with Gasteiger partial charge in [-0.1, -0.05) is 13.0 Å². The van der Waals surface area contributed by atoms with Crippen molar-refractivity contribution in [1.29, 1.82) is 0 Å². The number of rotatable bonds is 5. The highest BCUT2D eigenvalue weighted by Crippen LogP contribution is 2.13. The third kappa shape index (κ3) is 6.28. The summed E-state index contributed by atoms with van der Waals surface area (Å²) in [5.74, 6) is -1.86. The molecule has 0 bridgehead atoms. The van der Waals surface area contributed by atoms with Crippen LogP contribution in [0.25, 0.3) is 0 Å². The van der Waals surface area contributed by atoms with Gasteiger partial charge < -0.3 is 20.6 Å². The van der Waals surface area contributed by atoms with Gasteiger partial charge >= 0.3 is 12.0 Å². The zero-order valence-electron chi connectivity index (χ0n) is 14.7. The molecule has 7 nitrogen and oxygen atoms in total. The molecule has 0 aromatic heterocycles. The first kappa shape index (κ1) is 19.5. The average molecular weight is 335 g/mol. The largest absolute Gasteiger partial charge is 0.481 e. The second-order valence-corrected chi connectivity index (χ2v) is 6.83. The van der Waals surface area contributed by atoms with Crippen LogP contribution in [0.4, 0.5) is 10.5 Å². The van der Waals surface area contributed by atoms with Crippen LogP contribution < -0.4 is 10.6 Å². The number of anilines is 1. The van der Waals surface area contributed by atoms with Crippen LogP contribution >= 0.6 is 0 Å². The standard InChI is InChI=1S/C17H25N3O4/c1-11(15(22)23)10-20(5)16(24)18-13-8-6-7-12(9-13)14(21)19-17(2,3)4/h6-9,11H,10H2,1-5H3,(H,18,24)(H,19,21)(H,22,23). The van der Waals surface area contributed by atoms with Crippen LogP contribution in [0, 0.1) is 5.92 Å². The maximum atomic E-state index is 12.2. The van der Waals surface area contributed by atoms with E-state index in [1.807, 2.05) is 20.8 Å². The van der Waals surface area contributed by atoms with Crippen molar-refractivity contribution in [3.63, 3.8) is 0 Å². The van der Waals surface area contributed by atoms with Crippen LogP contribution in [0.2, 0.25) is 0 Å². The summed E-state index contributed by atoms with van der Waals surface area (Å²) in [4.78, 5) is 36.4. The van der Waals surface area contributed by atoms with Crippen molar-refractivity contribution >= 4 is 23.6 Å². The first-order chi connectivity index (χ1) is 11.0. The van der Waals surface area contributed by atoms with E-state index < -0.39 is 17.9 Å². The van der Waals surface area contributed by atoms with Crippen molar-refractivity contribution in [2.45, 2.75) is 33.2 Å². The minimum Gasteiger partial charge on any atom is -0.481 e. The molecule has 0 saturated carbocycles. The molecule has 0 heterocycles. The Morgan fingerprint density at radius 1 is 1.25 bits per heavy atom. The zero-order chi connectivity index (χ0) is 18.5. The Hall–Kier alpha value is -2.57. The lowest BCUT2D eigenvalue weighted by molar-refractivity contribution is -0.141. The molecule has 1 atom stereocenters. The Morgan fingerprint density at radius 3 is 2.42 bits per heavy atom. The topological polar surface area (TPSA) is 98.7 Å². The molecule has 1 aromatic rings. The van der Waals surface area contributed by atoms with E-state index >= 15 is 0 Å². The molecular formula is C17H25N3O4. The van der Waals surface area contributed by atoms with Gasteiger partial charge in [0.05, 0.1) is 5.92 Å². The summed E-state index contributed by atoms with van der Waals surface area (Å²) < 4.78 is 0. The number of carboxylic acid groups (broad SMARTS) is 1. The molecule has 132 valence electrons. The van der Waals surface area contributed by atoms with Crippen LogP contribution in [0.3, 0.4) is 0 Å². The number of aliphatic carboxylic acids is 1. The highest BCUT2D eigenvalue weighted by Gasteiger charge is 2.18. The minimum atomic E-state index is -0.963. The summed E-state index contributed by atoms with van der Waals surface area (Å²) in [7, 11) is 1.52. The van der Waals surface area contributed by atoms with Crippen LogP contribution in [-0.4, -0.2) is 47.0 Å². The van der Waals surface area contributed by atoms with Crippen LogP contribution in [0.15, 0.2) is 24.3 Å². The minimum absolute atomic E-state index is 0.0887. The summed E-state index contributed by atoms with van der Waals surface area (Å²) >= 11 is 0. The van der Waals surface area contributed by atoms with E-state index in [2.05, 4.69) is 10.6 Å². The first-order valence-electron chi connectivity index (χ1n) is 7.67. The zero-order valence-corrected chi connectivity index (χ0v) is 14.7. The van der Waals surface area contributed by atoms with E-state index in [0.29, 0.717) is 11.3 Å². The fraction of sp³-hybridized carbons (Fsp3) is 0.471. The van der Waals surface area contributed by atoms with Gasteiger partial charge in [-0.05, 0) is 39.0 Å².